The Balaban J connectivity index is 2.51. The molecule has 0 aromatic heterocycles. The second kappa shape index (κ2) is 6.55. The van der Waals surface area contributed by atoms with Crippen LogP contribution in [0.1, 0.15) is 47.8 Å². The van der Waals surface area contributed by atoms with Gasteiger partial charge in [0, 0.05) is 4.47 Å². The maximum Gasteiger partial charge on any atom is 0.105 e. The first-order valence-corrected chi connectivity index (χ1v) is 7.92. The largest absolute Gasteiger partial charge is 0.384 e. The molecule has 0 amide bonds. The van der Waals surface area contributed by atoms with E-state index in [0.717, 1.165) is 34.0 Å². The molecule has 0 aliphatic rings. The lowest BCUT2D eigenvalue weighted by molar-refractivity contribution is 0.218. The van der Waals surface area contributed by atoms with E-state index in [1.165, 1.54) is 11.1 Å². The molecule has 2 aromatic rings. The lowest BCUT2D eigenvalue weighted by atomic mass is 9.92. The predicted octanol–water partition coefficient (Wildman–Crippen LogP) is 4.96. The van der Waals surface area contributed by atoms with Gasteiger partial charge >= 0.3 is 0 Å². The van der Waals surface area contributed by atoms with Crippen molar-refractivity contribution in [1.29, 1.82) is 0 Å². The van der Waals surface area contributed by atoms with Crippen LogP contribution in [0.4, 0.5) is 0 Å². The first-order chi connectivity index (χ1) is 9.58. The quantitative estimate of drug-likeness (QED) is 0.838. The first-order valence-electron chi connectivity index (χ1n) is 7.13. The average Bonchev–Trinajstić information content (AvgIpc) is 2.48. The Morgan fingerprint density at radius 1 is 1.05 bits per heavy atom. The normalized spacial score (nSPS) is 12.4. The standard InChI is InChI=1S/C18H21BrO/c1-4-13-9-10-14(5-2)16(11-13)18(20)15-8-6-7-12(3)17(15)19/h6-11,18,20H,4-5H2,1-3H3. The summed E-state index contributed by atoms with van der Waals surface area (Å²) in [5, 5.41) is 10.8. The molecule has 0 bridgehead atoms. The summed E-state index contributed by atoms with van der Waals surface area (Å²) in [6.07, 6.45) is 1.34. The number of benzene rings is 2. The van der Waals surface area contributed by atoms with Gasteiger partial charge in [-0.25, -0.2) is 0 Å². The van der Waals surface area contributed by atoms with Crippen LogP contribution in [-0.4, -0.2) is 5.11 Å². The Morgan fingerprint density at radius 3 is 2.45 bits per heavy atom. The van der Waals surface area contributed by atoms with Crippen molar-refractivity contribution >= 4 is 15.9 Å². The van der Waals surface area contributed by atoms with E-state index in [4.69, 9.17) is 0 Å². The second-order valence-electron chi connectivity index (χ2n) is 5.12. The van der Waals surface area contributed by atoms with Gasteiger partial charge in [0.1, 0.15) is 6.10 Å². The van der Waals surface area contributed by atoms with Gasteiger partial charge in [0.2, 0.25) is 0 Å². The van der Waals surface area contributed by atoms with Crippen molar-refractivity contribution in [1.82, 2.24) is 0 Å². The Labute approximate surface area is 129 Å². The van der Waals surface area contributed by atoms with E-state index < -0.39 is 6.10 Å². The third kappa shape index (κ3) is 2.97. The van der Waals surface area contributed by atoms with Crippen LogP contribution in [0.15, 0.2) is 40.9 Å². The van der Waals surface area contributed by atoms with Gasteiger partial charge in [-0.05, 0) is 47.6 Å². The monoisotopic (exact) mass is 332 g/mol. The van der Waals surface area contributed by atoms with Gasteiger partial charge in [0.25, 0.3) is 0 Å². The molecule has 0 saturated carbocycles. The van der Waals surface area contributed by atoms with E-state index in [1.807, 2.05) is 25.1 Å². The third-order valence-electron chi connectivity index (χ3n) is 3.81. The highest BCUT2D eigenvalue weighted by Gasteiger charge is 2.17. The summed E-state index contributed by atoms with van der Waals surface area (Å²) in [5.74, 6) is 0. The van der Waals surface area contributed by atoms with E-state index in [1.54, 1.807) is 0 Å². The molecule has 0 aliphatic carbocycles. The molecule has 1 N–H and O–H groups in total. The SMILES string of the molecule is CCc1ccc(CC)c(C(O)c2cccc(C)c2Br)c1. The number of hydrogen-bond acceptors (Lipinski definition) is 1. The van der Waals surface area contributed by atoms with Gasteiger partial charge < -0.3 is 5.11 Å². The molecule has 1 atom stereocenters. The maximum atomic E-state index is 10.8. The summed E-state index contributed by atoms with van der Waals surface area (Å²) in [4.78, 5) is 0. The van der Waals surface area contributed by atoms with E-state index in [2.05, 4.69) is 48.0 Å². The molecule has 1 nitrogen and oxygen atoms in total. The molecule has 0 aliphatic heterocycles. The van der Waals surface area contributed by atoms with Crippen LogP contribution in [0, 0.1) is 6.92 Å². The molecule has 2 heteroatoms. The van der Waals surface area contributed by atoms with Crippen LogP contribution in [-0.2, 0) is 12.8 Å². The van der Waals surface area contributed by atoms with Crippen molar-refractivity contribution in [3.63, 3.8) is 0 Å². The van der Waals surface area contributed by atoms with Crippen LogP contribution < -0.4 is 0 Å². The molecule has 0 heterocycles. The minimum Gasteiger partial charge on any atom is -0.384 e. The molecule has 106 valence electrons. The van der Waals surface area contributed by atoms with E-state index in [9.17, 15) is 5.11 Å². The lowest BCUT2D eigenvalue weighted by Crippen LogP contribution is -2.06. The number of aliphatic hydroxyl groups excluding tert-OH is 1. The number of aliphatic hydroxyl groups is 1. The third-order valence-corrected chi connectivity index (χ3v) is 4.89. The Bertz CT molecular complexity index is 604. The van der Waals surface area contributed by atoms with Crippen molar-refractivity contribution in [2.24, 2.45) is 0 Å². The molecular formula is C18H21BrO. The van der Waals surface area contributed by atoms with Gasteiger partial charge in [-0.15, -0.1) is 0 Å². The zero-order valence-corrected chi connectivity index (χ0v) is 13.9. The summed E-state index contributed by atoms with van der Waals surface area (Å²) in [6, 6.07) is 12.5. The molecule has 0 saturated heterocycles. The summed E-state index contributed by atoms with van der Waals surface area (Å²) in [7, 11) is 0. The molecule has 0 spiro atoms. The van der Waals surface area contributed by atoms with E-state index in [-0.39, 0.29) is 0 Å². The highest BCUT2D eigenvalue weighted by atomic mass is 79.9. The minimum atomic E-state index is -0.578. The number of hydrogen-bond donors (Lipinski definition) is 1. The second-order valence-corrected chi connectivity index (χ2v) is 5.91. The van der Waals surface area contributed by atoms with Crippen molar-refractivity contribution in [3.8, 4) is 0 Å². The fourth-order valence-electron chi connectivity index (χ4n) is 2.49. The minimum absolute atomic E-state index is 0.578. The first kappa shape index (κ1) is 15.3. The molecular weight excluding hydrogens is 312 g/mol. The maximum absolute atomic E-state index is 10.8. The number of aryl methyl sites for hydroxylation is 3. The van der Waals surface area contributed by atoms with Crippen molar-refractivity contribution in [2.75, 3.05) is 0 Å². The number of rotatable bonds is 4. The average molecular weight is 333 g/mol. The van der Waals surface area contributed by atoms with Gasteiger partial charge in [0.15, 0.2) is 0 Å². The fraction of sp³-hybridized carbons (Fsp3) is 0.333. The smallest absolute Gasteiger partial charge is 0.105 e. The lowest BCUT2D eigenvalue weighted by Gasteiger charge is -2.18. The van der Waals surface area contributed by atoms with Crippen molar-refractivity contribution in [3.05, 3.63) is 68.7 Å². The van der Waals surface area contributed by atoms with Gasteiger partial charge in [0.05, 0.1) is 0 Å². The molecule has 1 unspecified atom stereocenters. The Morgan fingerprint density at radius 2 is 1.80 bits per heavy atom. The van der Waals surface area contributed by atoms with Crippen LogP contribution >= 0.6 is 15.9 Å². The fourth-order valence-corrected chi connectivity index (χ4v) is 2.97. The summed E-state index contributed by atoms with van der Waals surface area (Å²) in [6.45, 7) is 6.31. The number of halogens is 1. The molecule has 0 radical (unpaired) electrons. The highest BCUT2D eigenvalue weighted by Crippen LogP contribution is 2.33. The Hall–Kier alpha value is -1.12. The zero-order valence-electron chi connectivity index (χ0n) is 12.3. The van der Waals surface area contributed by atoms with Crippen molar-refractivity contribution < 1.29 is 5.11 Å². The van der Waals surface area contributed by atoms with E-state index >= 15 is 0 Å². The van der Waals surface area contributed by atoms with Gasteiger partial charge in [-0.2, -0.15) is 0 Å². The van der Waals surface area contributed by atoms with Gasteiger partial charge in [-0.1, -0.05) is 66.2 Å². The summed E-state index contributed by atoms with van der Waals surface area (Å²) < 4.78 is 0.997. The zero-order chi connectivity index (χ0) is 14.7. The van der Waals surface area contributed by atoms with Gasteiger partial charge in [-0.3, -0.25) is 0 Å². The van der Waals surface area contributed by atoms with Crippen LogP contribution in [0.5, 0.6) is 0 Å². The Kier molecular flexibility index (Phi) is 5.00. The molecule has 2 rings (SSSR count). The van der Waals surface area contributed by atoms with Crippen LogP contribution in [0.3, 0.4) is 0 Å². The highest BCUT2D eigenvalue weighted by molar-refractivity contribution is 9.10. The predicted molar refractivity (Wildman–Crippen MR) is 88.1 cm³/mol. The van der Waals surface area contributed by atoms with E-state index in [0.29, 0.717) is 0 Å². The van der Waals surface area contributed by atoms with Crippen LogP contribution in [0.2, 0.25) is 0 Å². The van der Waals surface area contributed by atoms with Crippen LogP contribution in [0.25, 0.3) is 0 Å². The molecule has 2 aromatic carbocycles. The molecule has 20 heavy (non-hydrogen) atoms. The van der Waals surface area contributed by atoms with Crippen molar-refractivity contribution in [2.45, 2.75) is 39.7 Å². The topological polar surface area (TPSA) is 20.2 Å². The molecule has 0 fully saturated rings. The summed E-state index contributed by atoms with van der Waals surface area (Å²) in [5.41, 5.74) is 5.58. The summed E-state index contributed by atoms with van der Waals surface area (Å²) >= 11 is 3.60.